The van der Waals surface area contributed by atoms with Gasteiger partial charge in [0.25, 0.3) is 0 Å². The summed E-state index contributed by atoms with van der Waals surface area (Å²) in [7, 11) is -3.27. The summed E-state index contributed by atoms with van der Waals surface area (Å²) in [5, 5.41) is 6.06. The zero-order valence-electron chi connectivity index (χ0n) is 12.1. The van der Waals surface area contributed by atoms with Crippen molar-refractivity contribution in [3.63, 3.8) is 0 Å². The van der Waals surface area contributed by atoms with Crippen molar-refractivity contribution >= 4 is 27.3 Å². The van der Waals surface area contributed by atoms with E-state index in [0.717, 1.165) is 19.4 Å². The summed E-state index contributed by atoms with van der Waals surface area (Å²) in [6.45, 7) is 3.26. The van der Waals surface area contributed by atoms with Gasteiger partial charge in [0.15, 0.2) is 0 Å². The first-order chi connectivity index (χ1) is 10.00. The summed E-state index contributed by atoms with van der Waals surface area (Å²) in [5.74, 6) is 0.0290. The van der Waals surface area contributed by atoms with Crippen LogP contribution in [0.5, 0.6) is 0 Å². The van der Waals surface area contributed by atoms with Gasteiger partial charge in [0.1, 0.15) is 0 Å². The fourth-order valence-electron chi connectivity index (χ4n) is 2.19. The number of benzene rings is 1. The van der Waals surface area contributed by atoms with E-state index in [-0.39, 0.29) is 17.6 Å². The molecule has 0 bridgehead atoms. The first kappa shape index (κ1) is 15.8. The zero-order chi connectivity index (χ0) is 15.3. The molecule has 116 valence electrons. The average Bonchev–Trinajstić information content (AvgIpc) is 2.50. The van der Waals surface area contributed by atoms with Crippen molar-refractivity contribution in [1.82, 2.24) is 5.32 Å². The Morgan fingerprint density at radius 1 is 1.29 bits per heavy atom. The summed E-state index contributed by atoms with van der Waals surface area (Å²) >= 11 is 0. The van der Waals surface area contributed by atoms with Crippen LogP contribution in [-0.2, 0) is 14.8 Å². The fraction of sp³-hybridized carbons (Fsp3) is 0.500. The van der Waals surface area contributed by atoms with Gasteiger partial charge in [-0.05, 0) is 50.6 Å². The number of carbonyl (C=O) groups is 1. The minimum atomic E-state index is -3.27. The molecule has 1 heterocycles. The smallest absolute Gasteiger partial charge is 0.232 e. The molecule has 0 spiro atoms. The van der Waals surface area contributed by atoms with E-state index in [2.05, 4.69) is 15.4 Å². The molecular weight excluding hydrogens is 290 g/mol. The van der Waals surface area contributed by atoms with Crippen LogP contribution in [0.25, 0.3) is 0 Å². The number of amides is 1. The lowest BCUT2D eigenvalue weighted by molar-refractivity contribution is -0.120. The molecule has 0 saturated carbocycles. The number of anilines is 2. The van der Waals surface area contributed by atoms with Gasteiger partial charge in [-0.1, -0.05) is 0 Å². The lowest BCUT2D eigenvalue weighted by Crippen LogP contribution is -2.37. The Hall–Kier alpha value is -1.60. The van der Waals surface area contributed by atoms with Crippen LogP contribution in [0, 0.1) is 5.92 Å². The maximum Gasteiger partial charge on any atom is 0.232 e. The van der Waals surface area contributed by atoms with E-state index in [0.29, 0.717) is 17.9 Å². The molecule has 0 radical (unpaired) electrons. The van der Waals surface area contributed by atoms with Crippen LogP contribution >= 0.6 is 0 Å². The molecule has 7 heteroatoms. The maximum atomic E-state index is 12.1. The van der Waals surface area contributed by atoms with Crippen molar-refractivity contribution in [2.45, 2.75) is 19.8 Å². The van der Waals surface area contributed by atoms with Gasteiger partial charge in [0, 0.05) is 17.9 Å². The quantitative estimate of drug-likeness (QED) is 0.767. The summed E-state index contributed by atoms with van der Waals surface area (Å²) < 4.78 is 25.4. The Morgan fingerprint density at radius 2 is 1.95 bits per heavy atom. The van der Waals surface area contributed by atoms with Gasteiger partial charge in [-0.2, -0.15) is 0 Å². The third-order valence-electron chi connectivity index (χ3n) is 3.47. The molecule has 1 aromatic carbocycles. The molecule has 1 fully saturated rings. The van der Waals surface area contributed by atoms with Crippen LogP contribution in [0.15, 0.2) is 24.3 Å². The summed E-state index contributed by atoms with van der Waals surface area (Å²) in [6, 6.07) is 6.67. The molecular formula is C14H21N3O3S. The highest BCUT2D eigenvalue weighted by atomic mass is 32.2. The Kier molecular flexibility index (Phi) is 5.19. The summed E-state index contributed by atoms with van der Waals surface area (Å²) in [5.41, 5.74) is 1.17. The molecule has 1 aliphatic rings. The Morgan fingerprint density at radius 3 is 2.52 bits per heavy atom. The van der Waals surface area contributed by atoms with Gasteiger partial charge in [-0.25, -0.2) is 8.42 Å². The molecule has 0 aromatic heterocycles. The Bertz CT molecular complexity index is 578. The SMILES string of the molecule is CCS(=O)(=O)Nc1ccc(NC(=O)C2CCCNC2)cc1. The molecule has 1 aromatic rings. The molecule has 6 nitrogen and oxygen atoms in total. The van der Waals surface area contributed by atoms with Gasteiger partial charge < -0.3 is 10.6 Å². The van der Waals surface area contributed by atoms with Crippen molar-refractivity contribution in [2.24, 2.45) is 5.92 Å². The van der Waals surface area contributed by atoms with E-state index in [4.69, 9.17) is 0 Å². The second-order valence-corrected chi connectivity index (χ2v) is 7.13. The van der Waals surface area contributed by atoms with Crippen LogP contribution in [0.4, 0.5) is 11.4 Å². The number of nitrogens with one attached hydrogen (secondary N) is 3. The van der Waals surface area contributed by atoms with Crippen molar-refractivity contribution in [3.05, 3.63) is 24.3 Å². The third kappa shape index (κ3) is 4.71. The molecule has 1 aliphatic heterocycles. The molecule has 1 amide bonds. The van der Waals surface area contributed by atoms with E-state index in [1.54, 1.807) is 31.2 Å². The van der Waals surface area contributed by atoms with E-state index in [1.807, 2.05) is 0 Å². The number of rotatable bonds is 5. The Balaban J connectivity index is 1.94. The van der Waals surface area contributed by atoms with Crippen LogP contribution in [-0.4, -0.2) is 33.2 Å². The molecule has 2 rings (SSSR count). The molecule has 0 aliphatic carbocycles. The molecule has 3 N–H and O–H groups in total. The van der Waals surface area contributed by atoms with Crippen LogP contribution < -0.4 is 15.4 Å². The molecule has 21 heavy (non-hydrogen) atoms. The highest BCUT2D eigenvalue weighted by molar-refractivity contribution is 7.92. The van der Waals surface area contributed by atoms with Crippen molar-refractivity contribution in [3.8, 4) is 0 Å². The predicted molar refractivity (Wildman–Crippen MR) is 83.7 cm³/mol. The van der Waals surface area contributed by atoms with Crippen molar-refractivity contribution in [1.29, 1.82) is 0 Å². The second-order valence-electron chi connectivity index (χ2n) is 5.12. The highest BCUT2D eigenvalue weighted by Gasteiger charge is 2.20. The van der Waals surface area contributed by atoms with E-state index in [9.17, 15) is 13.2 Å². The number of piperidine rings is 1. The standard InChI is InChI=1S/C14H21N3O3S/c1-2-21(19,20)17-13-7-5-12(6-8-13)16-14(18)11-4-3-9-15-10-11/h5-8,11,15,17H,2-4,9-10H2,1H3,(H,16,18). The second kappa shape index (κ2) is 6.91. The first-order valence-corrected chi connectivity index (χ1v) is 8.77. The first-order valence-electron chi connectivity index (χ1n) is 7.12. The molecule has 1 unspecified atom stereocenters. The van der Waals surface area contributed by atoms with E-state index < -0.39 is 10.0 Å². The summed E-state index contributed by atoms with van der Waals surface area (Å²) in [6.07, 6.45) is 1.91. The minimum Gasteiger partial charge on any atom is -0.326 e. The topological polar surface area (TPSA) is 87.3 Å². The Labute approximate surface area is 125 Å². The highest BCUT2D eigenvalue weighted by Crippen LogP contribution is 2.17. The van der Waals surface area contributed by atoms with E-state index >= 15 is 0 Å². The number of hydrogen-bond acceptors (Lipinski definition) is 4. The summed E-state index contributed by atoms with van der Waals surface area (Å²) in [4.78, 5) is 12.1. The van der Waals surface area contributed by atoms with Gasteiger partial charge in [0.05, 0.1) is 11.7 Å². The van der Waals surface area contributed by atoms with E-state index in [1.165, 1.54) is 0 Å². The predicted octanol–water partition coefficient (Wildman–Crippen LogP) is 1.39. The number of carbonyl (C=O) groups excluding carboxylic acids is 1. The monoisotopic (exact) mass is 311 g/mol. The molecule has 1 saturated heterocycles. The number of hydrogen-bond donors (Lipinski definition) is 3. The largest absolute Gasteiger partial charge is 0.326 e. The van der Waals surface area contributed by atoms with Gasteiger partial charge in [-0.15, -0.1) is 0 Å². The fourth-order valence-corrected chi connectivity index (χ4v) is 2.83. The lowest BCUT2D eigenvalue weighted by atomic mass is 9.99. The lowest BCUT2D eigenvalue weighted by Gasteiger charge is -2.21. The van der Waals surface area contributed by atoms with Gasteiger partial charge >= 0.3 is 0 Å². The van der Waals surface area contributed by atoms with Crippen LogP contribution in [0.1, 0.15) is 19.8 Å². The zero-order valence-corrected chi connectivity index (χ0v) is 12.9. The van der Waals surface area contributed by atoms with Gasteiger partial charge in [-0.3, -0.25) is 9.52 Å². The van der Waals surface area contributed by atoms with Crippen LogP contribution in [0.3, 0.4) is 0 Å². The molecule has 1 atom stereocenters. The third-order valence-corrected chi connectivity index (χ3v) is 4.78. The normalized spacial score (nSPS) is 19.0. The average molecular weight is 311 g/mol. The van der Waals surface area contributed by atoms with Crippen molar-refractivity contribution in [2.75, 3.05) is 28.9 Å². The minimum absolute atomic E-state index is 0.00276. The van der Waals surface area contributed by atoms with Gasteiger partial charge in [0.2, 0.25) is 15.9 Å². The maximum absolute atomic E-state index is 12.1. The number of sulfonamides is 1. The van der Waals surface area contributed by atoms with Crippen LogP contribution in [0.2, 0.25) is 0 Å². The van der Waals surface area contributed by atoms with Crippen molar-refractivity contribution < 1.29 is 13.2 Å².